The quantitative estimate of drug-likeness (QED) is 0.718. The third kappa shape index (κ3) is 5.12. The van der Waals surface area contributed by atoms with Gasteiger partial charge in [-0.2, -0.15) is 0 Å². The van der Waals surface area contributed by atoms with Crippen LogP contribution < -0.4 is 16.0 Å². The molecule has 5 heteroatoms. The van der Waals surface area contributed by atoms with Gasteiger partial charge in [-0.05, 0) is 25.2 Å². The van der Waals surface area contributed by atoms with E-state index in [0.29, 0.717) is 24.3 Å². The van der Waals surface area contributed by atoms with E-state index in [1.807, 2.05) is 0 Å². The number of benzene rings is 1. The summed E-state index contributed by atoms with van der Waals surface area (Å²) in [6.07, 6.45) is 0.418. The highest BCUT2D eigenvalue weighted by molar-refractivity contribution is 5.93. The van der Waals surface area contributed by atoms with Crippen LogP contribution in [-0.4, -0.2) is 25.4 Å². The van der Waals surface area contributed by atoms with Crippen LogP contribution in [0.1, 0.15) is 13.3 Å². The van der Waals surface area contributed by atoms with Gasteiger partial charge in [0.05, 0.1) is 0 Å². The van der Waals surface area contributed by atoms with Crippen LogP contribution >= 0.6 is 0 Å². The number of amides is 2. The molecule has 0 heterocycles. The number of anilines is 2. The van der Waals surface area contributed by atoms with Crippen LogP contribution in [0.15, 0.2) is 24.3 Å². The second-order valence-electron chi connectivity index (χ2n) is 3.66. The highest BCUT2D eigenvalue weighted by atomic mass is 16.2. The van der Waals surface area contributed by atoms with Gasteiger partial charge in [-0.3, -0.25) is 9.59 Å². The summed E-state index contributed by atoms with van der Waals surface area (Å²) < 4.78 is 0. The van der Waals surface area contributed by atoms with E-state index in [1.165, 1.54) is 6.92 Å². The molecule has 0 bridgehead atoms. The third-order valence-electron chi connectivity index (χ3n) is 2.07. The largest absolute Gasteiger partial charge is 0.326 e. The maximum absolute atomic E-state index is 11.5. The maximum Gasteiger partial charge on any atom is 0.225 e. The van der Waals surface area contributed by atoms with Crippen LogP contribution in [-0.2, 0) is 9.59 Å². The molecule has 1 aromatic rings. The van der Waals surface area contributed by atoms with Crippen LogP contribution in [0.2, 0.25) is 0 Å². The van der Waals surface area contributed by atoms with E-state index in [9.17, 15) is 9.59 Å². The van der Waals surface area contributed by atoms with E-state index in [4.69, 9.17) is 0 Å². The summed E-state index contributed by atoms with van der Waals surface area (Å²) in [5.74, 6) is -0.192. The molecule has 2 amide bonds. The van der Waals surface area contributed by atoms with Crippen molar-refractivity contribution in [2.24, 2.45) is 0 Å². The number of carbonyl (C=O) groups is 2. The summed E-state index contributed by atoms with van der Waals surface area (Å²) in [5, 5.41) is 8.32. The second kappa shape index (κ2) is 6.65. The fourth-order valence-corrected chi connectivity index (χ4v) is 1.34. The summed E-state index contributed by atoms with van der Waals surface area (Å²) >= 11 is 0. The molecule has 5 nitrogen and oxygen atoms in total. The van der Waals surface area contributed by atoms with Crippen molar-refractivity contribution in [2.45, 2.75) is 13.3 Å². The molecule has 92 valence electrons. The van der Waals surface area contributed by atoms with Crippen LogP contribution in [0.25, 0.3) is 0 Å². The molecule has 0 saturated carbocycles. The molecule has 0 unspecified atom stereocenters. The first-order valence-corrected chi connectivity index (χ1v) is 5.44. The first kappa shape index (κ1) is 13.2. The lowest BCUT2D eigenvalue weighted by molar-refractivity contribution is -0.116. The van der Waals surface area contributed by atoms with Crippen molar-refractivity contribution in [1.29, 1.82) is 0 Å². The van der Waals surface area contributed by atoms with Gasteiger partial charge in [0.1, 0.15) is 0 Å². The number of rotatable bonds is 5. The van der Waals surface area contributed by atoms with E-state index in [0.717, 1.165) is 0 Å². The van der Waals surface area contributed by atoms with Crippen molar-refractivity contribution >= 4 is 23.2 Å². The van der Waals surface area contributed by atoms with E-state index in [-0.39, 0.29) is 11.8 Å². The van der Waals surface area contributed by atoms with Crippen LogP contribution in [0.3, 0.4) is 0 Å². The first-order chi connectivity index (χ1) is 8.11. The summed E-state index contributed by atoms with van der Waals surface area (Å²) in [4.78, 5) is 22.3. The lowest BCUT2D eigenvalue weighted by Gasteiger charge is -2.07. The smallest absolute Gasteiger partial charge is 0.225 e. The van der Waals surface area contributed by atoms with E-state index < -0.39 is 0 Å². The molecule has 3 N–H and O–H groups in total. The first-order valence-electron chi connectivity index (χ1n) is 5.44. The van der Waals surface area contributed by atoms with Crippen molar-refractivity contribution in [3.05, 3.63) is 24.3 Å². The normalized spacial score (nSPS) is 9.76. The zero-order chi connectivity index (χ0) is 12.7. The molecule has 0 radical (unpaired) electrons. The predicted molar refractivity (Wildman–Crippen MR) is 67.9 cm³/mol. The minimum atomic E-state index is -0.136. The number of nitrogens with one attached hydrogen (secondary N) is 3. The van der Waals surface area contributed by atoms with Gasteiger partial charge >= 0.3 is 0 Å². The maximum atomic E-state index is 11.5. The number of hydrogen-bond donors (Lipinski definition) is 3. The molecule has 17 heavy (non-hydrogen) atoms. The predicted octanol–water partition coefficient (Wildman–Crippen LogP) is 1.19. The molecule has 0 aliphatic heterocycles. The number of carbonyl (C=O) groups excluding carboxylic acids is 2. The van der Waals surface area contributed by atoms with Gasteiger partial charge in [0, 0.05) is 31.3 Å². The van der Waals surface area contributed by atoms with E-state index >= 15 is 0 Å². The standard InChI is InChI=1S/C12H17N3O2/c1-9(16)14-10-4-3-5-11(8-10)15-12(17)6-7-13-2/h3-5,8,13H,6-7H2,1-2H3,(H,14,16)(H,15,17). The number of hydrogen-bond acceptors (Lipinski definition) is 3. The monoisotopic (exact) mass is 235 g/mol. The minimum Gasteiger partial charge on any atom is -0.326 e. The van der Waals surface area contributed by atoms with Crippen LogP contribution in [0, 0.1) is 0 Å². The topological polar surface area (TPSA) is 70.2 Å². The summed E-state index contributed by atoms with van der Waals surface area (Å²) in [5.41, 5.74) is 1.35. The van der Waals surface area contributed by atoms with Gasteiger partial charge in [-0.15, -0.1) is 0 Å². The Morgan fingerprint density at radius 1 is 1.18 bits per heavy atom. The Morgan fingerprint density at radius 2 is 1.82 bits per heavy atom. The Bertz CT molecular complexity index is 404. The van der Waals surface area contributed by atoms with Crippen molar-refractivity contribution in [1.82, 2.24) is 5.32 Å². The zero-order valence-electron chi connectivity index (χ0n) is 10.0. The minimum absolute atomic E-state index is 0.0562. The molecule has 1 rings (SSSR count). The summed E-state index contributed by atoms with van der Waals surface area (Å²) in [7, 11) is 1.80. The van der Waals surface area contributed by atoms with Crippen molar-refractivity contribution in [3.8, 4) is 0 Å². The molecule has 0 aliphatic carbocycles. The van der Waals surface area contributed by atoms with Crippen molar-refractivity contribution in [2.75, 3.05) is 24.2 Å². The Labute approximate surface area is 101 Å². The Kier molecular flexibility index (Phi) is 5.16. The highest BCUT2D eigenvalue weighted by Crippen LogP contribution is 2.15. The Balaban J connectivity index is 2.59. The van der Waals surface area contributed by atoms with E-state index in [1.54, 1.807) is 31.3 Å². The molecule has 0 atom stereocenters. The lowest BCUT2D eigenvalue weighted by atomic mass is 10.2. The Morgan fingerprint density at radius 3 is 2.41 bits per heavy atom. The van der Waals surface area contributed by atoms with Crippen molar-refractivity contribution in [3.63, 3.8) is 0 Å². The lowest BCUT2D eigenvalue weighted by Crippen LogP contribution is -2.18. The average Bonchev–Trinajstić information content (AvgIpc) is 2.26. The summed E-state index contributed by atoms with van der Waals surface area (Å²) in [6.45, 7) is 2.08. The van der Waals surface area contributed by atoms with Crippen molar-refractivity contribution < 1.29 is 9.59 Å². The van der Waals surface area contributed by atoms with Gasteiger partial charge in [0.15, 0.2) is 0 Å². The van der Waals surface area contributed by atoms with Gasteiger partial charge in [0.25, 0.3) is 0 Å². The molecule has 0 spiro atoms. The van der Waals surface area contributed by atoms with Gasteiger partial charge in [-0.25, -0.2) is 0 Å². The van der Waals surface area contributed by atoms with Gasteiger partial charge < -0.3 is 16.0 Å². The molecule has 0 saturated heterocycles. The molecule has 0 fully saturated rings. The molecule has 0 aliphatic rings. The summed E-state index contributed by atoms with van der Waals surface area (Å²) in [6, 6.07) is 7.05. The molecule has 1 aromatic carbocycles. The van der Waals surface area contributed by atoms with E-state index in [2.05, 4.69) is 16.0 Å². The zero-order valence-corrected chi connectivity index (χ0v) is 10.0. The molecular formula is C12H17N3O2. The average molecular weight is 235 g/mol. The molecular weight excluding hydrogens is 218 g/mol. The highest BCUT2D eigenvalue weighted by Gasteiger charge is 2.02. The Hall–Kier alpha value is -1.88. The fraction of sp³-hybridized carbons (Fsp3) is 0.333. The van der Waals surface area contributed by atoms with Crippen LogP contribution in [0.5, 0.6) is 0 Å². The second-order valence-corrected chi connectivity index (χ2v) is 3.66. The van der Waals surface area contributed by atoms with Crippen LogP contribution in [0.4, 0.5) is 11.4 Å². The third-order valence-corrected chi connectivity index (χ3v) is 2.07. The van der Waals surface area contributed by atoms with Gasteiger partial charge in [-0.1, -0.05) is 6.07 Å². The van der Waals surface area contributed by atoms with Gasteiger partial charge in [0.2, 0.25) is 11.8 Å². The molecule has 0 aromatic heterocycles. The SMILES string of the molecule is CNCCC(=O)Nc1cccc(NC(C)=O)c1. The fourth-order valence-electron chi connectivity index (χ4n) is 1.34.